The molecule has 1 aromatic carbocycles. The number of aromatic nitrogens is 4. The SMILES string of the molecule is COCCNc1nc(SC)nc2c1cnn2CCNC(=O)c1ccc(OC)c(OC)c1. The first-order chi connectivity index (χ1) is 15.1. The summed E-state index contributed by atoms with van der Waals surface area (Å²) in [7, 11) is 4.74. The van der Waals surface area contributed by atoms with Gasteiger partial charge < -0.3 is 24.8 Å². The van der Waals surface area contributed by atoms with Crippen LogP contribution in [0.3, 0.4) is 0 Å². The van der Waals surface area contributed by atoms with Gasteiger partial charge in [-0.3, -0.25) is 4.79 Å². The minimum absolute atomic E-state index is 0.209. The monoisotopic (exact) mass is 446 g/mol. The summed E-state index contributed by atoms with van der Waals surface area (Å²) in [6.45, 7) is 2.04. The Hall–Kier alpha value is -3.05. The number of ether oxygens (including phenoxy) is 3. The normalized spacial score (nSPS) is 10.8. The Labute approximate surface area is 184 Å². The third kappa shape index (κ3) is 5.36. The number of hydrogen-bond acceptors (Lipinski definition) is 9. The molecule has 0 atom stereocenters. The summed E-state index contributed by atoms with van der Waals surface area (Å²) < 4.78 is 17.3. The summed E-state index contributed by atoms with van der Waals surface area (Å²) in [4.78, 5) is 21.6. The number of hydrogen-bond donors (Lipinski definition) is 2. The van der Waals surface area contributed by atoms with Crippen LogP contribution in [-0.4, -0.2) is 72.9 Å². The van der Waals surface area contributed by atoms with E-state index in [2.05, 4.69) is 25.7 Å². The number of carbonyl (C=O) groups excluding carboxylic acids is 1. The quantitative estimate of drug-likeness (QED) is 0.260. The van der Waals surface area contributed by atoms with E-state index >= 15 is 0 Å². The van der Waals surface area contributed by atoms with Crippen molar-refractivity contribution in [2.24, 2.45) is 0 Å². The van der Waals surface area contributed by atoms with Crippen LogP contribution in [0.2, 0.25) is 0 Å². The van der Waals surface area contributed by atoms with E-state index in [4.69, 9.17) is 14.2 Å². The second kappa shape index (κ2) is 10.8. The molecule has 3 aromatic rings. The van der Waals surface area contributed by atoms with Crippen molar-refractivity contribution in [1.29, 1.82) is 0 Å². The molecule has 31 heavy (non-hydrogen) atoms. The third-order valence-electron chi connectivity index (χ3n) is 4.51. The Morgan fingerprint density at radius 2 is 1.94 bits per heavy atom. The van der Waals surface area contributed by atoms with Gasteiger partial charge in [-0.25, -0.2) is 14.6 Å². The van der Waals surface area contributed by atoms with Gasteiger partial charge in [-0.05, 0) is 24.5 Å². The summed E-state index contributed by atoms with van der Waals surface area (Å²) >= 11 is 1.46. The minimum Gasteiger partial charge on any atom is -0.493 e. The van der Waals surface area contributed by atoms with Gasteiger partial charge in [0.05, 0.1) is 39.0 Å². The number of rotatable bonds is 11. The van der Waals surface area contributed by atoms with Crippen molar-refractivity contribution in [3.63, 3.8) is 0 Å². The molecule has 2 N–H and O–H groups in total. The summed E-state index contributed by atoms with van der Waals surface area (Å²) in [5.74, 6) is 1.58. The van der Waals surface area contributed by atoms with E-state index < -0.39 is 0 Å². The fourth-order valence-corrected chi connectivity index (χ4v) is 3.31. The molecular weight excluding hydrogens is 420 g/mol. The van der Waals surface area contributed by atoms with Gasteiger partial charge in [0.2, 0.25) is 0 Å². The average Bonchev–Trinajstić information content (AvgIpc) is 3.21. The maximum atomic E-state index is 12.5. The number of nitrogens with zero attached hydrogens (tertiary/aromatic N) is 4. The largest absolute Gasteiger partial charge is 0.493 e. The number of fused-ring (bicyclic) bond motifs is 1. The number of amides is 1. The summed E-state index contributed by atoms with van der Waals surface area (Å²) in [6, 6.07) is 5.04. The molecule has 0 aliphatic carbocycles. The first-order valence-corrected chi connectivity index (χ1v) is 10.8. The Bertz CT molecular complexity index is 1040. The number of benzene rings is 1. The molecule has 1 amide bonds. The van der Waals surface area contributed by atoms with Gasteiger partial charge in [0.1, 0.15) is 5.82 Å². The van der Waals surface area contributed by atoms with E-state index in [0.717, 1.165) is 5.39 Å². The molecule has 0 unspecified atom stereocenters. The van der Waals surface area contributed by atoms with Crippen LogP contribution in [0.4, 0.5) is 5.82 Å². The Balaban J connectivity index is 1.69. The number of nitrogens with one attached hydrogen (secondary N) is 2. The Kier molecular flexibility index (Phi) is 7.90. The molecule has 2 aromatic heterocycles. The third-order valence-corrected chi connectivity index (χ3v) is 5.06. The lowest BCUT2D eigenvalue weighted by Gasteiger charge is -2.11. The van der Waals surface area contributed by atoms with E-state index in [-0.39, 0.29) is 5.91 Å². The highest BCUT2D eigenvalue weighted by Gasteiger charge is 2.14. The maximum absolute atomic E-state index is 12.5. The predicted molar refractivity (Wildman–Crippen MR) is 119 cm³/mol. The van der Waals surface area contributed by atoms with Gasteiger partial charge in [0.15, 0.2) is 22.3 Å². The molecule has 0 aliphatic rings. The second-order valence-corrected chi connectivity index (χ2v) is 7.18. The molecule has 0 fully saturated rings. The number of methoxy groups -OCH3 is 3. The summed E-state index contributed by atoms with van der Waals surface area (Å²) in [5.41, 5.74) is 1.19. The van der Waals surface area contributed by atoms with Crippen LogP contribution >= 0.6 is 11.8 Å². The van der Waals surface area contributed by atoms with Crippen molar-refractivity contribution < 1.29 is 19.0 Å². The highest BCUT2D eigenvalue weighted by Crippen LogP contribution is 2.27. The predicted octanol–water partition coefficient (Wildman–Crippen LogP) is 2.05. The molecule has 0 bridgehead atoms. The lowest BCUT2D eigenvalue weighted by atomic mass is 10.2. The van der Waals surface area contributed by atoms with Crippen LogP contribution in [-0.2, 0) is 11.3 Å². The van der Waals surface area contributed by atoms with Gasteiger partial charge in [0, 0.05) is 25.8 Å². The van der Waals surface area contributed by atoms with Crippen molar-refractivity contribution in [3.8, 4) is 11.5 Å². The van der Waals surface area contributed by atoms with Crippen LogP contribution in [0, 0.1) is 0 Å². The van der Waals surface area contributed by atoms with Gasteiger partial charge in [-0.2, -0.15) is 5.10 Å². The van der Waals surface area contributed by atoms with Crippen LogP contribution < -0.4 is 20.1 Å². The molecule has 0 radical (unpaired) electrons. The summed E-state index contributed by atoms with van der Waals surface area (Å²) in [6.07, 6.45) is 3.65. The fourth-order valence-electron chi connectivity index (χ4n) is 2.95. The van der Waals surface area contributed by atoms with E-state index in [9.17, 15) is 4.79 Å². The lowest BCUT2D eigenvalue weighted by Crippen LogP contribution is -2.27. The lowest BCUT2D eigenvalue weighted by molar-refractivity contribution is 0.0951. The molecule has 3 rings (SSSR count). The molecule has 11 heteroatoms. The van der Waals surface area contributed by atoms with Gasteiger partial charge in [0.25, 0.3) is 5.91 Å². The highest BCUT2D eigenvalue weighted by atomic mass is 32.2. The first kappa shape index (κ1) is 22.6. The zero-order valence-electron chi connectivity index (χ0n) is 18.0. The van der Waals surface area contributed by atoms with Crippen molar-refractivity contribution in [3.05, 3.63) is 30.0 Å². The second-order valence-electron chi connectivity index (χ2n) is 6.41. The highest BCUT2D eigenvalue weighted by molar-refractivity contribution is 7.98. The molecule has 2 heterocycles. The molecule has 10 nitrogen and oxygen atoms in total. The Morgan fingerprint density at radius 1 is 1.13 bits per heavy atom. The molecule has 0 saturated carbocycles. The van der Waals surface area contributed by atoms with E-state index in [1.165, 1.54) is 18.9 Å². The minimum atomic E-state index is -0.209. The topological polar surface area (TPSA) is 112 Å². The Morgan fingerprint density at radius 3 is 2.65 bits per heavy atom. The summed E-state index contributed by atoms with van der Waals surface area (Å²) in [5, 5.41) is 12.0. The van der Waals surface area contributed by atoms with Crippen LogP contribution in [0.1, 0.15) is 10.4 Å². The number of carbonyl (C=O) groups is 1. The molecule has 0 saturated heterocycles. The van der Waals surface area contributed by atoms with E-state index in [0.29, 0.717) is 59.9 Å². The molecular formula is C20H26N6O4S. The van der Waals surface area contributed by atoms with Crippen LogP contribution in [0.5, 0.6) is 11.5 Å². The number of anilines is 1. The van der Waals surface area contributed by atoms with Crippen LogP contribution in [0.15, 0.2) is 29.6 Å². The zero-order valence-corrected chi connectivity index (χ0v) is 18.8. The van der Waals surface area contributed by atoms with Gasteiger partial charge in [-0.15, -0.1) is 0 Å². The standard InChI is InChI=1S/C20H26N6O4S/c1-28-10-8-21-17-14-12-23-26(18(14)25-20(24-17)31-4)9-7-22-19(27)13-5-6-15(29-2)16(11-13)30-3/h5-6,11-12H,7-10H2,1-4H3,(H,22,27)(H,21,24,25). The maximum Gasteiger partial charge on any atom is 0.251 e. The fraction of sp³-hybridized carbons (Fsp3) is 0.400. The van der Waals surface area contributed by atoms with E-state index in [1.807, 2.05) is 6.26 Å². The molecule has 0 spiro atoms. The zero-order chi connectivity index (χ0) is 22.2. The smallest absolute Gasteiger partial charge is 0.251 e. The van der Waals surface area contributed by atoms with E-state index in [1.54, 1.807) is 43.3 Å². The van der Waals surface area contributed by atoms with Gasteiger partial charge >= 0.3 is 0 Å². The van der Waals surface area contributed by atoms with Crippen LogP contribution in [0.25, 0.3) is 11.0 Å². The number of thioether (sulfide) groups is 1. The molecule has 0 aliphatic heterocycles. The first-order valence-electron chi connectivity index (χ1n) is 9.61. The van der Waals surface area contributed by atoms with Crippen molar-refractivity contribution >= 4 is 34.5 Å². The molecule has 166 valence electrons. The van der Waals surface area contributed by atoms with Crippen molar-refractivity contribution in [2.45, 2.75) is 11.7 Å². The average molecular weight is 447 g/mol. The van der Waals surface area contributed by atoms with Crippen molar-refractivity contribution in [2.75, 3.05) is 52.6 Å². The van der Waals surface area contributed by atoms with Gasteiger partial charge in [-0.1, -0.05) is 11.8 Å². The van der Waals surface area contributed by atoms with Crippen molar-refractivity contribution in [1.82, 2.24) is 25.1 Å².